The second-order valence-corrected chi connectivity index (χ2v) is 7.42. The summed E-state index contributed by atoms with van der Waals surface area (Å²) in [5.74, 6) is 2.00. The molecule has 2 aromatic rings. The standard InChI is InChI=1S/C21H29N3O3/c1-16-14-20(22-27-16)21(25)24(15-18-8-11-23(2)12-9-18)13-10-17-4-6-19(26-3)7-5-17/h4-7,14,18H,8-13,15H2,1-3H3. The lowest BCUT2D eigenvalue weighted by atomic mass is 9.96. The second kappa shape index (κ2) is 9.04. The summed E-state index contributed by atoms with van der Waals surface area (Å²) in [6.45, 7) is 5.43. The molecule has 146 valence electrons. The van der Waals surface area contributed by atoms with Crippen LogP contribution in [-0.2, 0) is 6.42 Å². The van der Waals surface area contributed by atoms with E-state index in [0.29, 0.717) is 23.9 Å². The van der Waals surface area contributed by atoms with Gasteiger partial charge in [0.05, 0.1) is 7.11 Å². The van der Waals surface area contributed by atoms with E-state index in [9.17, 15) is 4.79 Å². The maximum absolute atomic E-state index is 13.0. The van der Waals surface area contributed by atoms with Gasteiger partial charge < -0.3 is 19.1 Å². The van der Waals surface area contributed by atoms with Crippen molar-refractivity contribution < 1.29 is 14.1 Å². The lowest BCUT2D eigenvalue weighted by molar-refractivity contribution is 0.0690. The van der Waals surface area contributed by atoms with Gasteiger partial charge in [-0.3, -0.25) is 4.79 Å². The third-order valence-corrected chi connectivity index (χ3v) is 5.28. The van der Waals surface area contributed by atoms with Gasteiger partial charge in [-0.15, -0.1) is 0 Å². The van der Waals surface area contributed by atoms with Crippen LogP contribution in [0, 0.1) is 12.8 Å². The minimum absolute atomic E-state index is 0.0423. The maximum Gasteiger partial charge on any atom is 0.276 e. The molecule has 1 aliphatic rings. The molecule has 1 saturated heterocycles. The molecule has 1 aromatic heterocycles. The summed E-state index contributed by atoms with van der Waals surface area (Å²) >= 11 is 0. The predicted octanol–water partition coefficient (Wildman–Crippen LogP) is 3.02. The third kappa shape index (κ3) is 5.32. The molecule has 0 unspecified atom stereocenters. The zero-order valence-corrected chi connectivity index (χ0v) is 16.5. The van der Waals surface area contributed by atoms with Crippen LogP contribution in [0.5, 0.6) is 5.75 Å². The van der Waals surface area contributed by atoms with E-state index in [-0.39, 0.29) is 5.91 Å². The molecule has 6 heteroatoms. The Morgan fingerprint density at radius 1 is 1.30 bits per heavy atom. The number of methoxy groups -OCH3 is 1. The van der Waals surface area contributed by atoms with E-state index in [1.165, 1.54) is 5.56 Å². The number of nitrogens with zero attached hydrogens (tertiary/aromatic N) is 3. The smallest absolute Gasteiger partial charge is 0.276 e. The van der Waals surface area contributed by atoms with Gasteiger partial charge in [-0.25, -0.2) is 0 Å². The fourth-order valence-corrected chi connectivity index (χ4v) is 3.52. The summed E-state index contributed by atoms with van der Waals surface area (Å²) in [6, 6.07) is 9.74. The quantitative estimate of drug-likeness (QED) is 0.749. The first-order valence-electron chi connectivity index (χ1n) is 9.59. The molecule has 27 heavy (non-hydrogen) atoms. The highest BCUT2D eigenvalue weighted by Gasteiger charge is 2.25. The Bertz CT molecular complexity index is 733. The highest BCUT2D eigenvalue weighted by atomic mass is 16.5. The van der Waals surface area contributed by atoms with E-state index >= 15 is 0 Å². The summed E-state index contributed by atoms with van der Waals surface area (Å²) in [7, 11) is 3.82. The van der Waals surface area contributed by atoms with Crippen molar-refractivity contribution in [3.05, 3.63) is 47.3 Å². The number of rotatable bonds is 7. The predicted molar refractivity (Wildman–Crippen MR) is 104 cm³/mol. The van der Waals surface area contributed by atoms with Crippen LogP contribution in [0.1, 0.15) is 34.7 Å². The van der Waals surface area contributed by atoms with Crippen molar-refractivity contribution in [1.82, 2.24) is 15.0 Å². The summed E-state index contributed by atoms with van der Waals surface area (Å²) < 4.78 is 10.3. The first kappa shape index (κ1) is 19.4. The van der Waals surface area contributed by atoms with Crippen LogP contribution in [0.3, 0.4) is 0 Å². The number of carbonyl (C=O) groups excluding carboxylic acids is 1. The highest BCUT2D eigenvalue weighted by molar-refractivity contribution is 5.92. The minimum Gasteiger partial charge on any atom is -0.497 e. The molecule has 1 aromatic carbocycles. The van der Waals surface area contributed by atoms with Gasteiger partial charge >= 0.3 is 0 Å². The molecule has 0 radical (unpaired) electrons. The Labute approximate surface area is 161 Å². The van der Waals surface area contributed by atoms with Gasteiger partial charge in [0.25, 0.3) is 5.91 Å². The molecular formula is C21H29N3O3. The number of amides is 1. The second-order valence-electron chi connectivity index (χ2n) is 7.42. The molecule has 1 fully saturated rings. The average Bonchev–Trinajstić information content (AvgIpc) is 3.13. The number of aryl methyl sites for hydroxylation is 1. The normalized spacial score (nSPS) is 15.7. The topological polar surface area (TPSA) is 58.8 Å². The first-order chi connectivity index (χ1) is 13.0. The largest absolute Gasteiger partial charge is 0.497 e. The number of hydrogen-bond donors (Lipinski definition) is 0. The van der Waals surface area contributed by atoms with Crippen molar-refractivity contribution in [1.29, 1.82) is 0 Å². The number of aromatic nitrogens is 1. The van der Waals surface area contributed by atoms with E-state index in [1.54, 1.807) is 13.2 Å². The Morgan fingerprint density at radius 2 is 2.00 bits per heavy atom. The number of piperidine rings is 1. The third-order valence-electron chi connectivity index (χ3n) is 5.28. The van der Waals surface area contributed by atoms with Crippen molar-refractivity contribution in [3.63, 3.8) is 0 Å². The Morgan fingerprint density at radius 3 is 2.59 bits per heavy atom. The fourth-order valence-electron chi connectivity index (χ4n) is 3.52. The van der Waals surface area contributed by atoms with Crippen molar-refractivity contribution >= 4 is 5.91 Å². The molecule has 3 rings (SSSR count). The van der Waals surface area contributed by atoms with Crippen LogP contribution in [0.4, 0.5) is 0 Å². The number of likely N-dealkylation sites (tertiary alicyclic amines) is 1. The van der Waals surface area contributed by atoms with E-state index in [2.05, 4.69) is 29.2 Å². The Balaban J connectivity index is 1.67. The lowest BCUT2D eigenvalue weighted by Crippen LogP contribution is -2.41. The molecule has 6 nitrogen and oxygen atoms in total. The lowest BCUT2D eigenvalue weighted by Gasteiger charge is -2.33. The van der Waals surface area contributed by atoms with Crippen LogP contribution in [0.15, 0.2) is 34.9 Å². The molecule has 0 N–H and O–H groups in total. The van der Waals surface area contributed by atoms with E-state index in [4.69, 9.17) is 9.26 Å². The Hall–Kier alpha value is -2.34. The van der Waals surface area contributed by atoms with Crippen molar-refractivity contribution in [3.8, 4) is 5.75 Å². The van der Waals surface area contributed by atoms with Gasteiger partial charge in [-0.2, -0.15) is 0 Å². The van der Waals surface area contributed by atoms with Crippen LogP contribution in [0.25, 0.3) is 0 Å². The van der Waals surface area contributed by atoms with Crippen LogP contribution < -0.4 is 4.74 Å². The number of benzene rings is 1. The van der Waals surface area contributed by atoms with Gasteiger partial charge in [0, 0.05) is 19.2 Å². The van der Waals surface area contributed by atoms with Gasteiger partial charge in [0.2, 0.25) is 0 Å². The molecule has 0 bridgehead atoms. The maximum atomic E-state index is 13.0. The summed E-state index contributed by atoms with van der Waals surface area (Å²) in [4.78, 5) is 17.3. The molecule has 0 spiro atoms. The van der Waals surface area contributed by atoms with E-state index in [0.717, 1.165) is 44.6 Å². The molecule has 2 heterocycles. The van der Waals surface area contributed by atoms with Gasteiger partial charge in [-0.05, 0) is 69.9 Å². The summed E-state index contributed by atoms with van der Waals surface area (Å²) in [6.07, 6.45) is 3.06. The number of ether oxygens (including phenoxy) is 1. The summed E-state index contributed by atoms with van der Waals surface area (Å²) in [5, 5.41) is 3.93. The minimum atomic E-state index is -0.0423. The SMILES string of the molecule is COc1ccc(CCN(CC2CCN(C)CC2)C(=O)c2cc(C)on2)cc1. The van der Waals surface area contributed by atoms with Gasteiger partial charge in [-0.1, -0.05) is 17.3 Å². The molecular weight excluding hydrogens is 342 g/mol. The molecule has 0 atom stereocenters. The molecule has 0 aliphatic carbocycles. The first-order valence-corrected chi connectivity index (χ1v) is 9.59. The monoisotopic (exact) mass is 371 g/mol. The van der Waals surface area contributed by atoms with Crippen molar-refractivity contribution in [2.24, 2.45) is 5.92 Å². The average molecular weight is 371 g/mol. The molecule has 1 aliphatic heterocycles. The van der Waals surface area contributed by atoms with Gasteiger partial charge in [0.1, 0.15) is 11.5 Å². The zero-order chi connectivity index (χ0) is 19.2. The van der Waals surface area contributed by atoms with Crippen LogP contribution in [0.2, 0.25) is 0 Å². The summed E-state index contributed by atoms with van der Waals surface area (Å²) in [5.41, 5.74) is 1.59. The van der Waals surface area contributed by atoms with Crippen LogP contribution >= 0.6 is 0 Å². The molecule has 1 amide bonds. The molecule has 0 saturated carbocycles. The van der Waals surface area contributed by atoms with Crippen LogP contribution in [-0.4, -0.2) is 61.2 Å². The van der Waals surface area contributed by atoms with E-state index in [1.807, 2.05) is 24.0 Å². The van der Waals surface area contributed by atoms with Gasteiger partial charge in [0.15, 0.2) is 5.69 Å². The zero-order valence-electron chi connectivity index (χ0n) is 16.5. The number of carbonyl (C=O) groups is 1. The number of hydrogen-bond acceptors (Lipinski definition) is 5. The van der Waals surface area contributed by atoms with Crippen molar-refractivity contribution in [2.45, 2.75) is 26.2 Å². The Kier molecular flexibility index (Phi) is 6.50. The van der Waals surface area contributed by atoms with E-state index < -0.39 is 0 Å². The fraction of sp³-hybridized carbons (Fsp3) is 0.524. The highest BCUT2D eigenvalue weighted by Crippen LogP contribution is 2.19. The van der Waals surface area contributed by atoms with Crippen molar-refractivity contribution in [2.75, 3.05) is 40.3 Å².